The van der Waals surface area contributed by atoms with Crippen molar-refractivity contribution in [1.29, 1.82) is 0 Å². The van der Waals surface area contributed by atoms with E-state index in [-0.39, 0.29) is 0 Å². The molecule has 1 aromatic carbocycles. The summed E-state index contributed by atoms with van der Waals surface area (Å²) in [5.74, 6) is 1.74. The maximum absolute atomic E-state index is 6.26. The molecule has 0 spiro atoms. The minimum Gasteiger partial charge on any atom is -0.493 e. The Morgan fingerprint density at radius 3 is 2.42 bits per heavy atom. The summed E-state index contributed by atoms with van der Waals surface area (Å²) in [7, 11) is 0. The van der Waals surface area contributed by atoms with Crippen molar-refractivity contribution in [2.24, 2.45) is 11.7 Å². The highest BCUT2D eigenvalue weighted by Crippen LogP contribution is 2.28. The van der Waals surface area contributed by atoms with E-state index in [2.05, 4.69) is 32.9 Å². The van der Waals surface area contributed by atoms with Crippen LogP contribution in [0.25, 0.3) is 0 Å². The van der Waals surface area contributed by atoms with Crippen molar-refractivity contribution in [1.82, 2.24) is 0 Å². The molecule has 1 saturated carbocycles. The van der Waals surface area contributed by atoms with E-state index in [1.165, 1.54) is 42.4 Å². The second-order valence-electron chi connectivity index (χ2n) is 6.05. The van der Waals surface area contributed by atoms with Gasteiger partial charge in [-0.2, -0.15) is 0 Å². The highest BCUT2D eigenvalue weighted by atomic mass is 16.5. The van der Waals surface area contributed by atoms with Crippen molar-refractivity contribution in [3.63, 3.8) is 0 Å². The lowest BCUT2D eigenvalue weighted by Crippen LogP contribution is -2.30. The second kappa shape index (κ2) is 6.42. The molecule has 0 radical (unpaired) electrons. The molecule has 1 unspecified atom stereocenters. The largest absolute Gasteiger partial charge is 0.493 e. The summed E-state index contributed by atoms with van der Waals surface area (Å²) < 4.78 is 5.92. The Morgan fingerprint density at radius 2 is 1.74 bits per heavy atom. The van der Waals surface area contributed by atoms with Gasteiger partial charge < -0.3 is 10.5 Å². The summed E-state index contributed by atoms with van der Waals surface area (Å²) in [6, 6.07) is 4.65. The number of aryl methyl sites for hydroxylation is 3. The van der Waals surface area contributed by atoms with Crippen LogP contribution in [0.2, 0.25) is 0 Å². The molecule has 19 heavy (non-hydrogen) atoms. The quantitative estimate of drug-likeness (QED) is 0.872. The van der Waals surface area contributed by atoms with E-state index in [1.54, 1.807) is 0 Å². The van der Waals surface area contributed by atoms with Gasteiger partial charge in [0.25, 0.3) is 0 Å². The van der Waals surface area contributed by atoms with Crippen molar-refractivity contribution < 1.29 is 4.74 Å². The van der Waals surface area contributed by atoms with Gasteiger partial charge in [-0.05, 0) is 68.7 Å². The maximum Gasteiger partial charge on any atom is 0.122 e. The fourth-order valence-electron chi connectivity index (χ4n) is 3.02. The zero-order valence-corrected chi connectivity index (χ0v) is 12.5. The molecule has 2 nitrogen and oxygen atoms in total. The lowest BCUT2D eigenvalue weighted by atomic mass is 9.97. The van der Waals surface area contributed by atoms with Crippen LogP contribution in [0.3, 0.4) is 0 Å². The summed E-state index contributed by atoms with van der Waals surface area (Å²) in [6.07, 6.45) is 6.30. The van der Waals surface area contributed by atoms with Gasteiger partial charge in [0.05, 0.1) is 6.61 Å². The molecule has 0 amide bonds. The van der Waals surface area contributed by atoms with E-state index in [0.29, 0.717) is 6.04 Å². The van der Waals surface area contributed by atoms with Crippen molar-refractivity contribution >= 4 is 0 Å². The van der Waals surface area contributed by atoms with Crippen LogP contribution in [0, 0.1) is 26.7 Å². The lowest BCUT2D eigenvalue weighted by molar-refractivity contribution is 0.272. The van der Waals surface area contributed by atoms with Gasteiger partial charge in [0, 0.05) is 6.04 Å². The van der Waals surface area contributed by atoms with Crippen LogP contribution in [0.5, 0.6) is 5.75 Å². The molecule has 1 fully saturated rings. The summed E-state index contributed by atoms with van der Waals surface area (Å²) in [5, 5.41) is 0. The molecule has 1 atom stereocenters. The molecule has 1 aliphatic carbocycles. The molecule has 0 aromatic heterocycles. The molecule has 0 aliphatic heterocycles. The molecule has 0 bridgehead atoms. The first kappa shape index (κ1) is 14.4. The molecule has 0 heterocycles. The standard InChI is InChI=1S/C17H27NO/c1-12-10-14(3)17(11-13(12)2)19-9-8-16(18)15-6-4-5-7-15/h10-11,15-16H,4-9,18H2,1-3H3. The van der Waals surface area contributed by atoms with Gasteiger partial charge in [0.2, 0.25) is 0 Å². The zero-order chi connectivity index (χ0) is 13.8. The van der Waals surface area contributed by atoms with Crippen molar-refractivity contribution in [2.75, 3.05) is 6.61 Å². The third-order valence-corrected chi connectivity index (χ3v) is 4.51. The summed E-state index contributed by atoms with van der Waals surface area (Å²) in [4.78, 5) is 0. The summed E-state index contributed by atoms with van der Waals surface area (Å²) >= 11 is 0. The molecule has 1 aliphatic rings. The van der Waals surface area contributed by atoms with Crippen molar-refractivity contribution in [2.45, 2.75) is 58.9 Å². The van der Waals surface area contributed by atoms with Crippen LogP contribution >= 0.6 is 0 Å². The summed E-state index contributed by atoms with van der Waals surface area (Å²) in [5.41, 5.74) is 10.1. The highest BCUT2D eigenvalue weighted by molar-refractivity contribution is 5.40. The molecule has 2 N–H and O–H groups in total. The Bertz CT molecular complexity index is 422. The Labute approximate surface area is 117 Å². The first-order valence-electron chi connectivity index (χ1n) is 7.54. The molecule has 2 heteroatoms. The van der Waals surface area contributed by atoms with E-state index in [1.807, 2.05) is 0 Å². The van der Waals surface area contributed by atoms with Crippen LogP contribution in [0.15, 0.2) is 12.1 Å². The molecule has 106 valence electrons. The van der Waals surface area contributed by atoms with Gasteiger partial charge in [0.15, 0.2) is 0 Å². The topological polar surface area (TPSA) is 35.2 Å². The Kier molecular flexibility index (Phi) is 4.87. The molecule has 0 saturated heterocycles. The predicted molar refractivity (Wildman–Crippen MR) is 80.7 cm³/mol. The van der Waals surface area contributed by atoms with Crippen molar-refractivity contribution in [3.8, 4) is 5.75 Å². The van der Waals surface area contributed by atoms with E-state index in [4.69, 9.17) is 10.5 Å². The van der Waals surface area contributed by atoms with Gasteiger partial charge in [-0.15, -0.1) is 0 Å². The van der Waals surface area contributed by atoms with Gasteiger partial charge >= 0.3 is 0 Å². The van der Waals surface area contributed by atoms with Gasteiger partial charge in [-0.1, -0.05) is 18.9 Å². The van der Waals surface area contributed by atoms with E-state index in [0.717, 1.165) is 24.7 Å². The van der Waals surface area contributed by atoms with Gasteiger partial charge in [0.1, 0.15) is 5.75 Å². The molecule has 2 rings (SSSR count). The number of rotatable bonds is 5. The van der Waals surface area contributed by atoms with Crippen LogP contribution in [-0.2, 0) is 0 Å². The van der Waals surface area contributed by atoms with Crippen LogP contribution in [-0.4, -0.2) is 12.6 Å². The zero-order valence-electron chi connectivity index (χ0n) is 12.5. The first-order valence-corrected chi connectivity index (χ1v) is 7.54. The summed E-state index contributed by atoms with van der Waals surface area (Å²) in [6.45, 7) is 7.12. The fraction of sp³-hybridized carbons (Fsp3) is 0.647. The Hall–Kier alpha value is -1.02. The van der Waals surface area contributed by atoms with Gasteiger partial charge in [-0.25, -0.2) is 0 Å². The number of nitrogens with two attached hydrogens (primary N) is 1. The Balaban J connectivity index is 1.83. The smallest absolute Gasteiger partial charge is 0.122 e. The number of hydrogen-bond donors (Lipinski definition) is 1. The molecular formula is C17H27NO. The van der Waals surface area contributed by atoms with Gasteiger partial charge in [-0.3, -0.25) is 0 Å². The number of ether oxygens (including phenoxy) is 1. The SMILES string of the molecule is Cc1cc(C)c(OCCC(N)C2CCCC2)cc1C. The molecule has 1 aromatic rings. The predicted octanol–water partition coefficient (Wildman–Crippen LogP) is 3.90. The van der Waals surface area contributed by atoms with Crippen LogP contribution in [0.1, 0.15) is 48.8 Å². The first-order chi connectivity index (χ1) is 9.08. The fourth-order valence-corrected chi connectivity index (χ4v) is 3.02. The average molecular weight is 261 g/mol. The third-order valence-electron chi connectivity index (χ3n) is 4.51. The maximum atomic E-state index is 6.26. The Morgan fingerprint density at radius 1 is 1.11 bits per heavy atom. The van der Waals surface area contributed by atoms with E-state index < -0.39 is 0 Å². The number of benzene rings is 1. The lowest BCUT2D eigenvalue weighted by Gasteiger charge is -2.19. The highest BCUT2D eigenvalue weighted by Gasteiger charge is 2.21. The van der Waals surface area contributed by atoms with Crippen LogP contribution < -0.4 is 10.5 Å². The van der Waals surface area contributed by atoms with E-state index in [9.17, 15) is 0 Å². The minimum absolute atomic E-state index is 0.314. The van der Waals surface area contributed by atoms with E-state index >= 15 is 0 Å². The minimum atomic E-state index is 0.314. The number of hydrogen-bond acceptors (Lipinski definition) is 2. The van der Waals surface area contributed by atoms with Crippen molar-refractivity contribution in [3.05, 3.63) is 28.8 Å². The van der Waals surface area contributed by atoms with Crippen LogP contribution in [0.4, 0.5) is 0 Å². The second-order valence-corrected chi connectivity index (χ2v) is 6.05. The third kappa shape index (κ3) is 3.73. The normalized spacial score (nSPS) is 17.7. The molecular weight excluding hydrogens is 234 g/mol. The average Bonchev–Trinajstić information content (AvgIpc) is 2.89. The monoisotopic (exact) mass is 261 g/mol.